The van der Waals surface area contributed by atoms with Gasteiger partial charge in [-0.15, -0.1) is 11.3 Å². The van der Waals surface area contributed by atoms with E-state index in [1.54, 1.807) is 11.3 Å². The predicted octanol–water partition coefficient (Wildman–Crippen LogP) is 1.85. The molecule has 0 aromatic carbocycles. The molecule has 2 N–H and O–H groups in total. The van der Waals surface area contributed by atoms with Crippen molar-refractivity contribution >= 4 is 17.2 Å². The summed E-state index contributed by atoms with van der Waals surface area (Å²) in [4.78, 5) is 16.8. The molecule has 0 aliphatic rings. The fourth-order valence-corrected chi connectivity index (χ4v) is 2.14. The number of aromatic nitrogens is 1. The molecule has 0 aliphatic carbocycles. The number of rotatable bonds is 7. The molecule has 0 unspecified atom stereocenters. The van der Waals surface area contributed by atoms with Crippen LogP contribution < -0.4 is 10.6 Å². The van der Waals surface area contributed by atoms with Crippen LogP contribution in [-0.4, -0.2) is 23.5 Å². The van der Waals surface area contributed by atoms with Gasteiger partial charge < -0.3 is 10.6 Å². The van der Waals surface area contributed by atoms with Crippen molar-refractivity contribution < 1.29 is 4.79 Å². The first-order valence-electron chi connectivity index (χ1n) is 5.99. The SMILES string of the molecule is Cc1ncc(CNC(=O)CCCNC(C)C)s1. The van der Waals surface area contributed by atoms with Gasteiger partial charge in [0.2, 0.25) is 5.91 Å². The molecule has 17 heavy (non-hydrogen) atoms. The van der Waals surface area contributed by atoms with E-state index in [9.17, 15) is 4.79 Å². The molecule has 0 aliphatic heterocycles. The minimum absolute atomic E-state index is 0.113. The Morgan fingerprint density at radius 1 is 1.53 bits per heavy atom. The number of amides is 1. The van der Waals surface area contributed by atoms with Crippen LogP contribution >= 0.6 is 11.3 Å². The van der Waals surface area contributed by atoms with Crippen molar-refractivity contribution in [1.82, 2.24) is 15.6 Å². The zero-order chi connectivity index (χ0) is 12.7. The highest BCUT2D eigenvalue weighted by atomic mass is 32.1. The van der Waals surface area contributed by atoms with Gasteiger partial charge in [-0.25, -0.2) is 4.98 Å². The second-order valence-electron chi connectivity index (χ2n) is 4.33. The number of carbonyl (C=O) groups is 1. The Balaban J connectivity index is 2.09. The zero-order valence-corrected chi connectivity index (χ0v) is 11.6. The Kier molecular flexibility index (Phi) is 6.15. The first-order chi connectivity index (χ1) is 8.08. The maximum Gasteiger partial charge on any atom is 0.220 e. The molecule has 0 saturated carbocycles. The molecule has 1 rings (SSSR count). The molecule has 0 bridgehead atoms. The summed E-state index contributed by atoms with van der Waals surface area (Å²) >= 11 is 1.62. The molecule has 0 spiro atoms. The summed E-state index contributed by atoms with van der Waals surface area (Å²) in [5, 5.41) is 7.23. The number of thiazole rings is 1. The lowest BCUT2D eigenvalue weighted by atomic mass is 10.2. The number of hydrogen-bond donors (Lipinski definition) is 2. The van der Waals surface area contributed by atoms with E-state index < -0.39 is 0 Å². The van der Waals surface area contributed by atoms with Crippen LogP contribution in [0.15, 0.2) is 6.20 Å². The average molecular weight is 255 g/mol. The van der Waals surface area contributed by atoms with Crippen LogP contribution in [0.4, 0.5) is 0 Å². The van der Waals surface area contributed by atoms with Gasteiger partial charge in [0.05, 0.1) is 11.6 Å². The van der Waals surface area contributed by atoms with E-state index in [-0.39, 0.29) is 5.91 Å². The van der Waals surface area contributed by atoms with Gasteiger partial charge in [0.1, 0.15) is 0 Å². The Morgan fingerprint density at radius 2 is 2.29 bits per heavy atom. The van der Waals surface area contributed by atoms with Gasteiger partial charge in [-0.2, -0.15) is 0 Å². The standard InChI is InChI=1S/C12H21N3OS/c1-9(2)13-6-4-5-12(16)15-8-11-7-14-10(3)17-11/h7,9,13H,4-6,8H2,1-3H3,(H,15,16). The third-order valence-electron chi connectivity index (χ3n) is 2.26. The summed E-state index contributed by atoms with van der Waals surface area (Å²) in [7, 11) is 0. The average Bonchev–Trinajstić information content (AvgIpc) is 2.67. The number of carbonyl (C=O) groups excluding carboxylic acids is 1. The maximum atomic E-state index is 11.5. The molecule has 96 valence electrons. The highest BCUT2D eigenvalue weighted by molar-refractivity contribution is 7.11. The van der Waals surface area contributed by atoms with Crippen LogP contribution in [0.25, 0.3) is 0 Å². The van der Waals surface area contributed by atoms with Crippen molar-refractivity contribution in [3.05, 3.63) is 16.1 Å². The number of nitrogens with zero attached hydrogens (tertiary/aromatic N) is 1. The monoisotopic (exact) mass is 255 g/mol. The predicted molar refractivity (Wildman–Crippen MR) is 71.1 cm³/mol. The van der Waals surface area contributed by atoms with E-state index in [0.717, 1.165) is 22.9 Å². The molecule has 5 heteroatoms. The van der Waals surface area contributed by atoms with Crippen molar-refractivity contribution in [3.63, 3.8) is 0 Å². The summed E-state index contributed by atoms with van der Waals surface area (Å²) in [6.07, 6.45) is 3.28. The highest BCUT2D eigenvalue weighted by Gasteiger charge is 2.03. The smallest absolute Gasteiger partial charge is 0.220 e. The fourth-order valence-electron chi connectivity index (χ4n) is 1.40. The molecule has 0 saturated heterocycles. The van der Waals surface area contributed by atoms with Crippen molar-refractivity contribution in [1.29, 1.82) is 0 Å². The fraction of sp³-hybridized carbons (Fsp3) is 0.667. The zero-order valence-electron chi connectivity index (χ0n) is 10.7. The lowest BCUT2D eigenvalue weighted by Gasteiger charge is -2.07. The van der Waals surface area contributed by atoms with Gasteiger partial charge in [0, 0.05) is 23.5 Å². The van der Waals surface area contributed by atoms with Crippen LogP contribution in [0.3, 0.4) is 0 Å². The molecule has 0 radical (unpaired) electrons. The van der Waals surface area contributed by atoms with Gasteiger partial charge in [0.15, 0.2) is 0 Å². The number of aryl methyl sites for hydroxylation is 1. The van der Waals surface area contributed by atoms with Crippen LogP contribution in [-0.2, 0) is 11.3 Å². The second kappa shape index (κ2) is 7.40. The maximum absolute atomic E-state index is 11.5. The molecule has 4 nitrogen and oxygen atoms in total. The van der Waals surface area contributed by atoms with E-state index in [2.05, 4.69) is 29.5 Å². The van der Waals surface area contributed by atoms with Crippen molar-refractivity contribution in [3.8, 4) is 0 Å². The van der Waals surface area contributed by atoms with Crippen LogP contribution in [0.2, 0.25) is 0 Å². The van der Waals surface area contributed by atoms with E-state index in [1.165, 1.54) is 0 Å². The molecule has 0 atom stereocenters. The minimum Gasteiger partial charge on any atom is -0.351 e. The van der Waals surface area contributed by atoms with Crippen LogP contribution in [0.5, 0.6) is 0 Å². The summed E-state index contributed by atoms with van der Waals surface area (Å²) < 4.78 is 0. The van der Waals surface area contributed by atoms with Gasteiger partial charge in [-0.1, -0.05) is 13.8 Å². The largest absolute Gasteiger partial charge is 0.351 e. The van der Waals surface area contributed by atoms with Gasteiger partial charge in [-0.05, 0) is 19.9 Å². The minimum atomic E-state index is 0.113. The number of hydrogen-bond acceptors (Lipinski definition) is 4. The van der Waals surface area contributed by atoms with Crippen LogP contribution in [0.1, 0.15) is 36.6 Å². The van der Waals surface area contributed by atoms with Gasteiger partial charge in [-0.3, -0.25) is 4.79 Å². The highest BCUT2D eigenvalue weighted by Crippen LogP contribution is 2.10. The topological polar surface area (TPSA) is 54.0 Å². The molecule has 0 fully saturated rings. The van der Waals surface area contributed by atoms with Gasteiger partial charge >= 0.3 is 0 Å². The summed E-state index contributed by atoms with van der Waals surface area (Å²) in [5.41, 5.74) is 0. The quantitative estimate of drug-likeness (QED) is 0.731. The lowest BCUT2D eigenvalue weighted by molar-refractivity contribution is -0.121. The summed E-state index contributed by atoms with van der Waals surface area (Å²) in [6.45, 7) is 7.67. The van der Waals surface area contributed by atoms with Crippen LogP contribution in [0, 0.1) is 6.92 Å². The Morgan fingerprint density at radius 3 is 2.88 bits per heavy atom. The summed E-state index contributed by atoms with van der Waals surface area (Å²) in [5.74, 6) is 0.113. The second-order valence-corrected chi connectivity index (χ2v) is 5.65. The molecule has 1 heterocycles. The molecule has 1 amide bonds. The molecular weight excluding hydrogens is 234 g/mol. The van der Waals surface area contributed by atoms with E-state index in [4.69, 9.17) is 0 Å². The van der Waals surface area contributed by atoms with Crippen molar-refractivity contribution in [2.45, 2.75) is 46.2 Å². The Hall–Kier alpha value is -0.940. The first kappa shape index (κ1) is 14.1. The Labute approximate surface area is 107 Å². The van der Waals surface area contributed by atoms with Crippen molar-refractivity contribution in [2.24, 2.45) is 0 Å². The van der Waals surface area contributed by atoms with E-state index >= 15 is 0 Å². The van der Waals surface area contributed by atoms with Crippen molar-refractivity contribution in [2.75, 3.05) is 6.54 Å². The third-order valence-corrected chi connectivity index (χ3v) is 3.17. The molecule has 1 aromatic rings. The summed E-state index contributed by atoms with van der Waals surface area (Å²) in [6, 6.07) is 0.484. The normalized spacial score (nSPS) is 10.8. The lowest BCUT2D eigenvalue weighted by Crippen LogP contribution is -2.26. The van der Waals surface area contributed by atoms with E-state index in [1.807, 2.05) is 13.1 Å². The molecular formula is C12H21N3OS. The first-order valence-corrected chi connectivity index (χ1v) is 6.81. The number of nitrogens with one attached hydrogen (secondary N) is 2. The molecule has 1 aromatic heterocycles. The third kappa shape index (κ3) is 6.38. The van der Waals surface area contributed by atoms with Gasteiger partial charge in [0.25, 0.3) is 0 Å². The van der Waals surface area contributed by atoms with E-state index in [0.29, 0.717) is 19.0 Å². The Bertz CT molecular complexity index is 349.